The van der Waals surface area contributed by atoms with Crippen LogP contribution in [0.25, 0.3) is 22.4 Å². The minimum Gasteiger partial charge on any atom is -0.237 e. The van der Waals surface area contributed by atoms with E-state index < -0.39 is 0 Å². The number of para-hydroxylation sites is 1. The minimum absolute atomic E-state index is 1.05. The van der Waals surface area contributed by atoms with E-state index in [4.69, 9.17) is 0 Å². The number of benzene rings is 2. The van der Waals surface area contributed by atoms with Crippen molar-refractivity contribution in [2.24, 2.45) is 0 Å². The highest BCUT2D eigenvalue weighted by Gasteiger charge is 1.98. The maximum absolute atomic E-state index is 4.56. The summed E-state index contributed by atoms with van der Waals surface area (Å²) in [5, 5.41) is 1.05. The Hall–Kier alpha value is -1.93. The van der Waals surface area contributed by atoms with Crippen molar-refractivity contribution in [1.29, 1.82) is 0 Å². The molecule has 2 aromatic carbocycles. The quantitative estimate of drug-likeness (QED) is 0.641. The molecule has 0 saturated carbocycles. The van der Waals surface area contributed by atoms with E-state index >= 15 is 0 Å². The van der Waals surface area contributed by atoms with Gasteiger partial charge in [-0.3, -0.25) is 0 Å². The molecule has 1 aromatic heterocycles. The van der Waals surface area contributed by atoms with Crippen LogP contribution in [-0.4, -0.2) is 4.98 Å². The van der Waals surface area contributed by atoms with Crippen molar-refractivity contribution in [1.82, 2.24) is 4.98 Å². The second-order valence-electron chi connectivity index (χ2n) is 3.76. The Morgan fingerprint density at radius 1 is 0.824 bits per heavy atom. The fourth-order valence-electron chi connectivity index (χ4n) is 1.69. The topological polar surface area (TPSA) is 12.9 Å². The highest BCUT2D eigenvalue weighted by atomic mass is 32.1. The molecular formula is C15H11NS. The molecule has 0 saturated heterocycles. The SMILES string of the molecule is C(=C/c1nc2ccccc2s1)/c1ccccc1. The predicted molar refractivity (Wildman–Crippen MR) is 75.0 cm³/mol. The zero-order valence-electron chi connectivity index (χ0n) is 9.21. The zero-order valence-corrected chi connectivity index (χ0v) is 10.0. The third kappa shape index (κ3) is 2.27. The van der Waals surface area contributed by atoms with Gasteiger partial charge in [0.1, 0.15) is 5.01 Å². The molecule has 1 nitrogen and oxygen atoms in total. The summed E-state index contributed by atoms with van der Waals surface area (Å²) in [7, 11) is 0. The first-order valence-corrected chi connectivity index (χ1v) is 6.32. The molecule has 0 amide bonds. The molecule has 17 heavy (non-hydrogen) atoms. The van der Waals surface area contributed by atoms with Gasteiger partial charge in [-0.2, -0.15) is 0 Å². The molecule has 0 aliphatic heterocycles. The summed E-state index contributed by atoms with van der Waals surface area (Å²) in [5.41, 5.74) is 2.27. The van der Waals surface area contributed by atoms with Gasteiger partial charge in [-0.25, -0.2) is 4.98 Å². The van der Waals surface area contributed by atoms with Gasteiger partial charge >= 0.3 is 0 Å². The fourth-order valence-corrected chi connectivity index (χ4v) is 2.56. The van der Waals surface area contributed by atoms with Crippen LogP contribution in [0, 0.1) is 0 Å². The van der Waals surface area contributed by atoms with Crippen LogP contribution in [0.1, 0.15) is 10.6 Å². The number of hydrogen-bond acceptors (Lipinski definition) is 2. The van der Waals surface area contributed by atoms with Gasteiger partial charge in [0.25, 0.3) is 0 Å². The lowest BCUT2D eigenvalue weighted by Gasteiger charge is -1.89. The predicted octanol–water partition coefficient (Wildman–Crippen LogP) is 4.47. The Morgan fingerprint density at radius 2 is 1.59 bits per heavy atom. The van der Waals surface area contributed by atoms with Crippen molar-refractivity contribution in [3.05, 3.63) is 65.2 Å². The number of thiazole rings is 1. The maximum atomic E-state index is 4.56. The summed E-state index contributed by atoms with van der Waals surface area (Å²) >= 11 is 1.72. The first kappa shape index (κ1) is 10.2. The van der Waals surface area contributed by atoms with Gasteiger partial charge in [0, 0.05) is 0 Å². The second-order valence-corrected chi connectivity index (χ2v) is 4.83. The molecule has 0 bridgehead atoms. The molecule has 0 spiro atoms. The summed E-state index contributed by atoms with van der Waals surface area (Å²) < 4.78 is 1.24. The van der Waals surface area contributed by atoms with Crippen LogP contribution in [0.4, 0.5) is 0 Å². The fraction of sp³-hybridized carbons (Fsp3) is 0. The van der Waals surface area contributed by atoms with Crippen molar-refractivity contribution in [2.75, 3.05) is 0 Å². The number of aromatic nitrogens is 1. The molecule has 3 aromatic rings. The van der Waals surface area contributed by atoms with E-state index in [1.165, 1.54) is 10.3 Å². The molecule has 1 heterocycles. The van der Waals surface area contributed by atoms with Crippen molar-refractivity contribution in [3.8, 4) is 0 Å². The lowest BCUT2D eigenvalue weighted by Crippen LogP contribution is -1.70. The van der Waals surface area contributed by atoms with E-state index in [1.807, 2.05) is 36.4 Å². The van der Waals surface area contributed by atoms with E-state index in [-0.39, 0.29) is 0 Å². The Labute approximate surface area is 104 Å². The van der Waals surface area contributed by atoms with Crippen LogP contribution in [0.2, 0.25) is 0 Å². The minimum atomic E-state index is 1.05. The summed E-state index contributed by atoms with van der Waals surface area (Å²) in [6, 6.07) is 18.5. The van der Waals surface area contributed by atoms with Gasteiger partial charge in [-0.15, -0.1) is 11.3 Å². The second kappa shape index (κ2) is 4.52. The molecular weight excluding hydrogens is 226 g/mol. The molecule has 0 N–H and O–H groups in total. The lowest BCUT2D eigenvalue weighted by atomic mass is 10.2. The lowest BCUT2D eigenvalue weighted by molar-refractivity contribution is 1.46. The largest absolute Gasteiger partial charge is 0.237 e. The van der Waals surface area contributed by atoms with Crippen LogP contribution < -0.4 is 0 Å². The van der Waals surface area contributed by atoms with Gasteiger partial charge in [-0.1, -0.05) is 48.5 Å². The Balaban J connectivity index is 1.92. The Bertz CT molecular complexity index is 620. The summed E-state index contributed by atoms with van der Waals surface area (Å²) in [5.74, 6) is 0. The van der Waals surface area contributed by atoms with Gasteiger partial charge < -0.3 is 0 Å². The van der Waals surface area contributed by atoms with E-state index in [2.05, 4.69) is 35.3 Å². The average molecular weight is 237 g/mol. The van der Waals surface area contributed by atoms with Crippen molar-refractivity contribution < 1.29 is 0 Å². The van der Waals surface area contributed by atoms with Crippen LogP contribution in [0.3, 0.4) is 0 Å². The average Bonchev–Trinajstić information content (AvgIpc) is 2.80. The number of nitrogens with zero attached hydrogens (tertiary/aromatic N) is 1. The molecule has 82 valence electrons. The smallest absolute Gasteiger partial charge is 0.117 e. The molecule has 0 fully saturated rings. The molecule has 2 heteroatoms. The summed E-state index contributed by atoms with van der Waals surface area (Å²) in [4.78, 5) is 4.56. The van der Waals surface area contributed by atoms with E-state index in [0.717, 1.165) is 10.5 Å². The van der Waals surface area contributed by atoms with Gasteiger partial charge in [-0.05, 0) is 23.8 Å². The number of fused-ring (bicyclic) bond motifs is 1. The third-order valence-corrected chi connectivity index (χ3v) is 3.53. The van der Waals surface area contributed by atoms with Crippen LogP contribution in [-0.2, 0) is 0 Å². The van der Waals surface area contributed by atoms with Crippen LogP contribution in [0.15, 0.2) is 54.6 Å². The Kier molecular flexibility index (Phi) is 2.72. The van der Waals surface area contributed by atoms with Crippen molar-refractivity contribution in [3.63, 3.8) is 0 Å². The van der Waals surface area contributed by atoms with Crippen LogP contribution in [0.5, 0.6) is 0 Å². The summed E-state index contributed by atoms with van der Waals surface area (Å²) in [6.45, 7) is 0. The zero-order chi connectivity index (χ0) is 11.5. The molecule has 0 aliphatic carbocycles. The highest BCUT2D eigenvalue weighted by molar-refractivity contribution is 7.19. The van der Waals surface area contributed by atoms with Gasteiger partial charge in [0.2, 0.25) is 0 Å². The molecule has 0 radical (unpaired) electrons. The van der Waals surface area contributed by atoms with Crippen LogP contribution >= 0.6 is 11.3 Å². The third-order valence-electron chi connectivity index (χ3n) is 2.53. The molecule has 0 unspecified atom stereocenters. The van der Waals surface area contributed by atoms with Crippen molar-refractivity contribution >= 4 is 33.7 Å². The maximum Gasteiger partial charge on any atom is 0.117 e. The standard InChI is InChI=1S/C15H11NS/c1-2-6-12(7-3-1)10-11-15-16-13-8-4-5-9-14(13)17-15/h1-11H/b11-10-. The normalized spacial score (nSPS) is 11.3. The van der Waals surface area contributed by atoms with Gasteiger partial charge in [0.15, 0.2) is 0 Å². The van der Waals surface area contributed by atoms with E-state index in [1.54, 1.807) is 11.3 Å². The highest BCUT2D eigenvalue weighted by Crippen LogP contribution is 2.22. The first-order chi connectivity index (χ1) is 8.42. The Morgan fingerprint density at radius 3 is 2.41 bits per heavy atom. The monoisotopic (exact) mass is 237 g/mol. The summed E-state index contributed by atoms with van der Waals surface area (Å²) in [6.07, 6.45) is 4.16. The molecule has 0 aliphatic rings. The number of hydrogen-bond donors (Lipinski definition) is 0. The first-order valence-electron chi connectivity index (χ1n) is 5.50. The number of rotatable bonds is 2. The van der Waals surface area contributed by atoms with E-state index in [0.29, 0.717) is 0 Å². The molecule has 0 atom stereocenters. The van der Waals surface area contributed by atoms with E-state index in [9.17, 15) is 0 Å². The molecule has 3 rings (SSSR count). The van der Waals surface area contributed by atoms with Crippen molar-refractivity contribution in [2.45, 2.75) is 0 Å². The van der Waals surface area contributed by atoms with Gasteiger partial charge in [0.05, 0.1) is 10.2 Å².